The van der Waals surface area contributed by atoms with E-state index in [-0.39, 0.29) is 6.04 Å². The van der Waals surface area contributed by atoms with Crippen LogP contribution in [0.1, 0.15) is 30.9 Å². The van der Waals surface area contributed by atoms with E-state index in [9.17, 15) is 9.59 Å². The lowest BCUT2D eigenvalue weighted by atomic mass is 9.83. The van der Waals surface area contributed by atoms with Crippen LogP contribution >= 0.6 is 0 Å². The van der Waals surface area contributed by atoms with Gasteiger partial charge < -0.3 is 19.1 Å². The summed E-state index contributed by atoms with van der Waals surface area (Å²) in [5.74, 6) is -0.887. The van der Waals surface area contributed by atoms with Crippen LogP contribution in [0.15, 0.2) is 78.1 Å². The van der Waals surface area contributed by atoms with Crippen molar-refractivity contribution in [2.75, 3.05) is 14.2 Å². The minimum atomic E-state index is -0.599. The number of methoxy groups -OCH3 is 2. The van der Waals surface area contributed by atoms with E-state index in [4.69, 9.17) is 14.2 Å². The Morgan fingerprint density at radius 2 is 1.42 bits per heavy atom. The van der Waals surface area contributed by atoms with Crippen LogP contribution in [-0.4, -0.2) is 37.1 Å². The van der Waals surface area contributed by atoms with Gasteiger partial charge in [-0.05, 0) is 37.1 Å². The quantitative estimate of drug-likeness (QED) is 0.625. The van der Waals surface area contributed by atoms with Crippen LogP contribution in [0.3, 0.4) is 0 Å². The van der Waals surface area contributed by atoms with Gasteiger partial charge >= 0.3 is 11.9 Å². The monoisotopic (exact) mass is 421 g/mol. The minimum Gasteiger partial charge on any atom is -0.489 e. The molecule has 3 rings (SSSR count). The van der Waals surface area contributed by atoms with Gasteiger partial charge in [-0.15, -0.1) is 0 Å². The molecule has 0 bridgehead atoms. The van der Waals surface area contributed by atoms with E-state index in [2.05, 4.69) is 0 Å². The lowest BCUT2D eigenvalue weighted by molar-refractivity contribution is -0.137. The van der Waals surface area contributed by atoms with Gasteiger partial charge in [-0.2, -0.15) is 0 Å². The number of rotatable bonds is 7. The third kappa shape index (κ3) is 5.15. The maximum Gasteiger partial charge on any atom is 0.336 e. The molecule has 2 aromatic rings. The third-order valence-corrected chi connectivity index (χ3v) is 5.10. The molecule has 1 aliphatic rings. The highest BCUT2D eigenvalue weighted by Gasteiger charge is 2.35. The van der Waals surface area contributed by atoms with Gasteiger partial charge in [0, 0.05) is 18.4 Å². The highest BCUT2D eigenvalue weighted by atomic mass is 16.5. The second kappa shape index (κ2) is 9.98. The van der Waals surface area contributed by atoms with Gasteiger partial charge in [-0.1, -0.05) is 42.5 Å². The Kier molecular flexibility index (Phi) is 7.13. The first-order valence-electron chi connectivity index (χ1n) is 10.1. The van der Waals surface area contributed by atoms with Crippen LogP contribution < -0.4 is 4.74 Å². The van der Waals surface area contributed by atoms with Crippen molar-refractivity contribution in [3.05, 3.63) is 89.3 Å². The van der Waals surface area contributed by atoms with Gasteiger partial charge in [-0.25, -0.2) is 9.59 Å². The van der Waals surface area contributed by atoms with Crippen molar-refractivity contribution in [2.45, 2.75) is 32.4 Å². The molecule has 0 amide bonds. The van der Waals surface area contributed by atoms with E-state index in [0.717, 1.165) is 11.1 Å². The summed E-state index contributed by atoms with van der Waals surface area (Å²) < 4.78 is 15.9. The summed E-state index contributed by atoms with van der Waals surface area (Å²) in [6.07, 6.45) is 3.46. The summed E-state index contributed by atoms with van der Waals surface area (Å²) in [5, 5.41) is 0. The Labute approximate surface area is 182 Å². The summed E-state index contributed by atoms with van der Waals surface area (Å²) in [6.45, 7) is 4.39. The van der Waals surface area contributed by atoms with Gasteiger partial charge in [0.25, 0.3) is 0 Å². The molecule has 2 aromatic carbocycles. The number of ether oxygens (including phenoxy) is 3. The molecule has 162 valence electrons. The molecule has 0 spiro atoms. The molecule has 31 heavy (non-hydrogen) atoms. The Bertz CT molecular complexity index is 943. The average Bonchev–Trinajstić information content (AvgIpc) is 2.81. The van der Waals surface area contributed by atoms with E-state index in [1.54, 1.807) is 12.4 Å². The van der Waals surface area contributed by atoms with Gasteiger partial charge in [0.2, 0.25) is 0 Å². The first-order chi connectivity index (χ1) is 14.9. The fraction of sp³-hybridized carbons (Fsp3) is 0.280. The number of hydrogen-bond donors (Lipinski definition) is 0. The normalized spacial score (nSPS) is 14.0. The van der Waals surface area contributed by atoms with Gasteiger partial charge in [0.05, 0.1) is 31.3 Å². The van der Waals surface area contributed by atoms with Crippen molar-refractivity contribution in [3.63, 3.8) is 0 Å². The standard InChI is InChI=1S/C25H27NO5/c1-17(2)26-14-21(24(27)29-3)23(22(15-26)25(28)30-4)19-10-12-20(13-11-19)31-16-18-8-6-5-7-9-18/h5-15,17,23H,16H2,1-4H3. The maximum atomic E-state index is 12.6. The van der Waals surface area contributed by atoms with Crippen LogP contribution in [0, 0.1) is 0 Å². The topological polar surface area (TPSA) is 65.1 Å². The molecule has 0 N–H and O–H groups in total. The SMILES string of the molecule is COC(=O)C1=CN(C(C)C)C=C(C(=O)OC)C1c1ccc(OCc2ccccc2)cc1. The fourth-order valence-electron chi connectivity index (χ4n) is 3.41. The van der Waals surface area contributed by atoms with Crippen molar-refractivity contribution in [1.82, 2.24) is 4.90 Å². The van der Waals surface area contributed by atoms with Crippen molar-refractivity contribution in [2.24, 2.45) is 0 Å². The molecule has 0 aliphatic carbocycles. The van der Waals surface area contributed by atoms with Gasteiger partial charge in [0.15, 0.2) is 0 Å². The van der Waals surface area contributed by atoms with E-state index in [1.165, 1.54) is 14.2 Å². The number of carbonyl (C=O) groups excluding carboxylic acids is 2. The predicted molar refractivity (Wildman–Crippen MR) is 117 cm³/mol. The summed E-state index contributed by atoms with van der Waals surface area (Å²) in [6, 6.07) is 17.3. The number of hydrogen-bond acceptors (Lipinski definition) is 6. The second-order valence-electron chi connectivity index (χ2n) is 7.47. The van der Waals surface area contributed by atoms with Crippen LogP contribution in [-0.2, 0) is 25.7 Å². The molecule has 0 radical (unpaired) electrons. The third-order valence-electron chi connectivity index (χ3n) is 5.10. The molecular weight excluding hydrogens is 394 g/mol. The highest BCUT2D eigenvalue weighted by molar-refractivity contribution is 5.98. The zero-order valence-electron chi connectivity index (χ0n) is 18.2. The zero-order valence-corrected chi connectivity index (χ0v) is 18.2. The number of esters is 2. The zero-order chi connectivity index (χ0) is 22.4. The maximum absolute atomic E-state index is 12.6. The summed E-state index contributed by atoms with van der Waals surface area (Å²) in [5.41, 5.74) is 2.58. The first kappa shape index (κ1) is 22.2. The Hall–Kier alpha value is -3.54. The molecule has 6 heteroatoms. The second-order valence-corrected chi connectivity index (χ2v) is 7.47. The molecule has 6 nitrogen and oxygen atoms in total. The van der Waals surface area contributed by atoms with Crippen LogP contribution in [0.5, 0.6) is 5.75 Å². The summed E-state index contributed by atoms with van der Waals surface area (Å²) in [4.78, 5) is 27.0. The molecule has 0 fully saturated rings. The largest absolute Gasteiger partial charge is 0.489 e. The van der Waals surface area contributed by atoms with E-state index in [0.29, 0.717) is 23.5 Å². The molecule has 0 saturated heterocycles. The molecule has 0 atom stereocenters. The first-order valence-corrected chi connectivity index (χ1v) is 10.1. The lowest BCUT2D eigenvalue weighted by Gasteiger charge is -2.32. The fourth-order valence-corrected chi connectivity index (χ4v) is 3.41. The molecule has 1 aliphatic heterocycles. The highest BCUT2D eigenvalue weighted by Crippen LogP contribution is 2.38. The molecular formula is C25H27NO5. The molecule has 0 saturated carbocycles. The Balaban J connectivity index is 1.91. The lowest BCUT2D eigenvalue weighted by Crippen LogP contribution is -2.31. The van der Waals surface area contributed by atoms with Crippen LogP contribution in [0.25, 0.3) is 0 Å². The Morgan fingerprint density at radius 3 is 1.90 bits per heavy atom. The minimum absolute atomic E-state index is 0.0500. The van der Waals surface area contributed by atoms with Gasteiger partial charge in [-0.3, -0.25) is 0 Å². The number of carbonyl (C=O) groups is 2. The molecule has 1 heterocycles. The van der Waals surface area contributed by atoms with E-state index >= 15 is 0 Å². The number of benzene rings is 2. The van der Waals surface area contributed by atoms with Crippen molar-refractivity contribution >= 4 is 11.9 Å². The summed E-state index contributed by atoms with van der Waals surface area (Å²) in [7, 11) is 2.66. The van der Waals surface area contributed by atoms with Crippen molar-refractivity contribution in [3.8, 4) is 5.75 Å². The average molecular weight is 421 g/mol. The van der Waals surface area contributed by atoms with Crippen LogP contribution in [0.4, 0.5) is 0 Å². The summed E-state index contributed by atoms with van der Waals surface area (Å²) >= 11 is 0. The van der Waals surface area contributed by atoms with E-state index in [1.807, 2.05) is 73.3 Å². The van der Waals surface area contributed by atoms with E-state index < -0.39 is 17.9 Å². The van der Waals surface area contributed by atoms with Crippen molar-refractivity contribution in [1.29, 1.82) is 0 Å². The number of nitrogens with zero attached hydrogens (tertiary/aromatic N) is 1. The predicted octanol–water partition coefficient (Wildman–Crippen LogP) is 4.19. The van der Waals surface area contributed by atoms with Gasteiger partial charge in [0.1, 0.15) is 12.4 Å². The smallest absolute Gasteiger partial charge is 0.336 e. The van der Waals surface area contributed by atoms with Crippen molar-refractivity contribution < 1.29 is 23.8 Å². The molecule has 0 aromatic heterocycles. The molecule has 0 unspecified atom stereocenters. The Morgan fingerprint density at radius 1 is 0.871 bits per heavy atom. The van der Waals surface area contributed by atoms with Crippen LogP contribution in [0.2, 0.25) is 0 Å².